The van der Waals surface area contributed by atoms with Crippen molar-refractivity contribution < 1.29 is 9.47 Å². The molecule has 0 radical (unpaired) electrons. The zero-order valence-corrected chi connectivity index (χ0v) is 20.3. The van der Waals surface area contributed by atoms with E-state index in [1.165, 1.54) is 27.7 Å². The van der Waals surface area contributed by atoms with Crippen LogP contribution in [0.2, 0.25) is 0 Å². The first-order chi connectivity index (χ1) is 13.9. The number of anilines is 1. The molecule has 4 heteroatoms. The molecule has 0 aliphatic carbocycles. The maximum Gasteiger partial charge on any atom is 0.188 e. The van der Waals surface area contributed by atoms with Gasteiger partial charge in [-0.25, -0.2) is 0 Å². The van der Waals surface area contributed by atoms with Gasteiger partial charge in [0, 0.05) is 36.6 Å². The Morgan fingerprint density at radius 1 is 1.03 bits per heavy atom. The summed E-state index contributed by atoms with van der Waals surface area (Å²) in [6.07, 6.45) is 2.25. The summed E-state index contributed by atoms with van der Waals surface area (Å²) in [5.41, 5.74) is 5.32. The van der Waals surface area contributed by atoms with Crippen LogP contribution in [0.25, 0.3) is 0 Å². The molecule has 0 saturated heterocycles. The van der Waals surface area contributed by atoms with E-state index in [0.29, 0.717) is 8.58 Å². The van der Waals surface area contributed by atoms with Gasteiger partial charge >= 0.3 is 0 Å². The summed E-state index contributed by atoms with van der Waals surface area (Å²) in [5.74, 6) is 0.943. The normalized spacial score (nSPS) is 13.6. The fraction of sp³-hybridized carbons (Fsp3) is 0.520. The molecule has 29 heavy (non-hydrogen) atoms. The SMILES string of the molecule is CCCC(C)(Pc1c(C)cccc1N(CC)CC)c1cc(C)ccc1OCOC. The number of nitrogens with zero attached hydrogens (tertiary/aromatic N) is 1. The van der Waals surface area contributed by atoms with Gasteiger partial charge in [0.2, 0.25) is 0 Å². The van der Waals surface area contributed by atoms with Crippen LogP contribution in [-0.2, 0) is 9.89 Å². The second-order valence-corrected chi connectivity index (χ2v) is 9.75. The Morgan fingerprint density at radius 3 is 2.38 bits per heavy atom. The van der Waals surface area contributed by atoms with Crippen LogP contribution in [0.4, 0.5) is 5.69 Å². The average molecular weight is 416 g/mol. The van der Waals surface area contributed by atoms with Crippen LogP contribution < -0.4 is 14.9 Å². The van der Waals surface area contributed by atoms with Crippen LogP contribution >= 0.6 is 8.58 Å². The van der Waals surface area contributed by atoms with E-state index in [9.17, 15) is 0 Å². The van der Waals surface area contributed by atoms with E-state index in [1.54, 1.807) is 7.11 Å². The Labute approximate surface area is 179 Å². The lowest BCUT2D eigenvalue weighted by Crippen LogP contribution is -2.29. The quantitative estimate of drug-likeness (QED) is 0.324. The highest BCUT2D eigenvalue weighted by Gasteiger charge is 2.31. The van der Waals surface area contributed by atoms with Crippen molar-refractivity contribution >= 4 is 19.6 Å². The van der Waals surface area contributed by atoms with Gasteiger partial charge in [0.15, 0.2) is 6.79 Å². The predicted octanol–water partition coefficient (Wildman–Crippen LogP) is 6.15. The first kappa shape index (κ1) is 23.7. The molecular weight excluding hydrogens is 377 g/mol. The van der Waals surface area contributed by atoms with Crippen molar-refractivity contribution in [1.29, 1.82) is 0 Å². The molecule has 3 nitrogen and oxygen atoms in total. The van der Waals surface area contributed by atoms with E-state index in [-0.39, 0.29) is 11.9 Å². The van der Waals surface area contributed by atoms with E-state index >= 15 is 0 Å². The molecule has 0 aliphatic heterocycles. The lowest BCUT2D eigenvalue weighted by molar-refractivity contribution is 0.0500. The Kier molecular flexibility index (Phi) is 8.99. The molecule has 0 aliphatic rings. The average Bonchev–Trinajstić information content (AvgIpc) is 2.70. The number of hydrogen-bond donors (Lipinski definition) is 0. The third-order valence-electron chi connectivity index (χ3n) is 5.57. The fourth-order valence-corrected chi connectivity index (χ4v) is 5.91. The van der Waals surface area contributed by atoms with Gasteiger partial charge in [0.1, 0.15) is 5.75 Å². The summed E-state index contributed by atoms with van der Waals surface area (Å²) in [7, 11) is 2.34. The molecule has 0 aromatic heterocycles. The highest BCUT2D eigenvalue weighted by Crippen LogP contribution is 2.49. The van der Waals surface area contributed by atoms with Gasteiger partial charge in [-0.15, -0.1) is 0 Å². The lowest BCUT2D eigenvalue weighted by atomic mass is 9.93. The summed E-state index contributed by atoms with van der Waals surface area (Å²) in [4.78, 5) is 2.47. The number of aryl methyl sites for hydroxylation is 2. The molecule has 0 heterocycles. The van der Waals surface area contributed by atoms with Crippen molar-refractivity contribution in [2.45, 2.75) is 59.5 Å². The topological polar surface area (TPSA) is 21.7 Å². The molecule has 0 saturated carbocycles. The number of benzene rings is 2. The molecule has 0 spiro atoms. The van der Waals surface area contributed by atoms with Crippen molar-refractivity contribution in [3.63, 3.8) is 0 Å². The molecule has 2 aromatic rings. The van der Waals surface area contributed by atoms with Crippen molar-refractivity contribution in [2.75, 3.05) is 31.9 Å². The Morgan fingerprint density at radius 2 is 1.76 bits per heavy atom. The van der Waals surface area contributed by atoms with Gasteiger partial charge < -0.3 is 14.4 Å². The van der Waals surface area contributed by atoms with Crippen LogP contribution in [0.3, 0.4) is 0 Å². The smallest absolute Gasteiger partial charge is 0.188 e. The van der Waals surface area contributed by atoms with Crippen molar-refractivity contribution in [2.24, 2.45) is 0 Å². The van der Waals surface area contributed by atoms with Gasteiger partial charge in [-0.3, -0.25) is 0 Å². The highest BCUT2D eigenvalue weighted by atomic mass is 31.1. The molecule has 2 aromatic carbocycles. The summed E-state index contributed by atoms with van der Waals surface area (Å²) in [6, 6.07) is 13.3. The third kappa shape index (κ3) is 5.74. The minimum absolute atomic E-state index is 0.0118. The van der Waals surface area contributed by atoms with E-state index < -0.39 is 0 Å². The second-order valence-electron chi connectivity index (χ2n) is 7.90. The van der Waals surface area contributed by atoms with Crippen LogP contribution in [0, 0.1) is 13.8 Å². The first-order valence-corrected chi connectivity index (χ1v) is 11.8. The molecule has 0 fully saturated rings. The van der Waals surface area contributed by atoms with Gasteiger partial charge in [-0.05, 0) is 57.1 Å². The Bertz CT molecular complexity index is 788. The third-order valence-corrected chi connectivity index (χ3v) is 7.54. The molecule has 2 atom stereocenters. The highest BCUT2D eigenvalue weighted by molar-refractivity contribution is 7.49. The molecular formula is C25H38NO2P. The van der Waals surface area contributed by atoms with Crippen LogP contribution in [-0.4, -0.2) is 27.0 Å². The monoisotopic (exact) mass is 415 g/mol. The molecule has 0 N–H and O–H groups in total. The van der Waals surface area contributed by atoms with Gasteiger partial charge in [-0.2, -0.15) is 0 Å². The standard InChI is InChI=1S/C25H38NO2P/c1-8-16-25(6,21-17-19(4)14-15-23(21)28-18-27-7)29-24-20(5)12-11-13-22(24)26(9-2)10-3/h11-15,17,29H,8-10,16,18H2,1-7H3. The molecule has 0 amide bonds. The fourth-order valence-electron chi connectivity index (χ4n) is 4.01. The van der Waals surface area contributed by atoms with E-state index in [0.717, 1.165) is 31.7 Å². The van der Waals surface area contributed by atoms with E-state index in [2.05, 4.69) is 82.8 Å². The number of methoxy groups -OCH3 is 1. The summed E-state index contributed by atoms with van der Waals surface area (Å²) in [6.45, 7) is 15.9. The zero-order chi connectivity index (χ0) is 21.4. The van der Waals surface area contributed by atoms with Crippen LogP contribution in [0.1, 0.15) is 57.2 Å². The first-order valence-electron chi connectivity index (χ1n) is 10.8. The lowest BCUT2D eigenvalue weighted by Gasteiger charge is -2.35. The number of hydrogen-bond acceptors (Lipinski definition) is 3. The Hall–Kier alpha value is -1.57. The van der Waals surface area contributed by atoms with Crippen LogP contribution in [0.15, 0.2) is 36.4 Å². The van der Waals surface area contributed by atoms with Crippen molar-refractivity contribution in [3.05, 3.63) is 53.1 Å². The molecule has 2 unspecified atom stereocenters. The van der Waals surface area contributed by atoms with Crippen molar-refractivity contribution in [3.8, 4) is 5.75 Å². The minimum atomic E-state index is 0.0118. The molecule has 2 rings (SSSR count). The summed E-state index contributed by atoms with van der Waals surface area (Å²) in [5, 5.41) is 1.49. The zero-order valence-electron chi connectivity index (χ0n) is 19.3. The molecule has 160 valence electrons. The maximum atomic E-state index is 5.99. The second kappa shape index (κ2) is 11.0. The van der Waals surface area contributed by atoms with E-state index in [4.69, 9.17) is 9.47 Å². The van der Waals surface area contributed by atoms with Gasteiger partial charge in [0.05, 0.1) is 0 Å². The van der Waals surface area contributed by atoms with Crippen molar-refractivity contribution in [1.82, 2.24) is 0 Å². The van der Waals surface area contributed by atoms with E-state index in [1.807, 2.05) is 0 Å². The molecule has 0 bridgehead atoms. The number of ether oxygens (including phenoxy) is 2. The number of rotatable bonds is 11. The van der Waals surface area contributed by atoms with Crippen LogP contribution in [0.5, 0.6) is 5.75 Å². The van der Waals surface area contributed by atoms with Gasteiger partial charge in [-0.1, -0.05) is 58.7 Å². The minimum Gasteiger partial charge on any atom is -0.467 e. The predicted molar refractivity (Wildman–Crippen MR) is 129 cm³/mol. The largest absolute Gasteiger partial charge is 0.467 e. The maximum absolute atomic E-state index is 5.99. The summed E-state index contributed by atoms with van der Waals surface area (Å²) < 4.78 is 11.2. The Balaban J connectivity index is 2.57. The summed E-state index contributed by atoms with van der Waals surface area (Å²) >= 11 is 0. The van der Waals surface area contributed by atoms with Gasteiger partial charge in [0.25, 0.3) is 0 Å².